The fraction of sp³-hybridized carbons (Fsp3) is 0.250. The van der Waals surface area contributed by atoms with Crippen LogP contribution in [0, 0.1) is 0 Å². The van der Waals surface area contributed by atoms with Crippen LogP contribution >= 0.6 is 11.6 Å². The van der Waals surface area contributed by atoms with Crippen LogP contribution in [0.5, 0.6) is 5.75 Å². The van der Waals surface area contributed by atoms with Crippen LogP contribution in [0.15, 0.2) is 12.1 Å². The van der Waals surface area contributed by atoms with E-state index in [0.29, 0.717) is 6.07 Å². The Morgan fingerprint density at radius 1 is 1.25 bits per heavy atom. The lowest BCUT2D eigenvalue weighted by molar-refractivity contribution is -0.141. The van der Waals surface area contributed by atoms with Gasteiger partial charge >= 0.3 is 12.8 Å². The summed E-state index contributed by atoms with van der Waals surface area (Å²) in [5.41, 5.74) is 3.27. The smallest absolute Gasteiger partial charge is 0.421 e. The number of hydrogen-bond donors (Lipinski definition) is 1. The van der Waals surface area contributed by atoms with Crippen LogP contribution in [0.2, 0.25) is 5.02 Å². The first kappa shape index (κ1) is 12.8. The van der Waals surface area contributed by atoms with E-state index in [0.717, 1.165) is 6.07 Å². The first-order valence-corrected chi connectivity index (χ1v) is 4.21. The van der Waals surface area contributed by atoms with Crippen molar-refractivity contribution >= 4 is 17.3 Å². The van der Waals surface area contributed by atoms with Crippen LogP contribution in [-0.2, 0) is 6.18 Å². The van der Waals surface area contributed by atoms with E-state index < -0.39 is 29.1 Å². The molecule has 0 aliphatic heterocycles. The van der Waals surface area contributed by atoms with E-state index in [-0.39, 0.29) is 5.69 Å². The summed E-state index contributed by atoms with van der Waals surface area (Å²) < 4.78 is 64.9. The average molecular weight is 262 g/mol. The fourth-order valence-electron chi connectivity index (χ4n) is 1.03. The maximum absolute atomic E-state index is 12.5. The highest BCUT2D eigenvalue weighted by Crippen LogP contribution is 2.43. The third kappa shape index (κ3) is 2.66. The Labute approximate surface area is 91.7 Å². The lowest BCUT2D eigenvalue weighted by Gasteiger charge is -2.15. The molecule has 0 fully saturated rings. The largest absolute Gasteiger partial charge is 0.434 e. The molecule has 0 unspecified atom stereocenters. The summed E-state index contributed by atoms with van der Waals surface area (Å²) in [6, 6.07) is 1.64. The minimum atomic E-state index is -4.92. The number of nitrogens with two attached hydrogens (primary N) is 1. The van der Waals surface area contributed by atoms with Gasteiger partial charge in [-0.2, -0.15) is 22.0 Å². The van der Waals surface area contributed by atoms with Crippen molar-refractivity contribution in [2.45, 2.75) is 12.8 Å². The van der Waals surface area contributed by atoms with E-state index in [1.54, 1.807) is 0 Å². The molecule has 0 spiro atoms. The second kappa shape index (κ2) is 4.32. The maximum atomic E-state index is 12.5. The summed E-state index contributed by atoms with van der Waals surface area (Å²) in [4.78, 5) is 0. The van der Waals surface area contributed by atoms with Gasteiger partial charge in [0.05, 0.1) is 10.7 Å². The molecule has 2 N–H and O–H groups in total. The molecule has 0 bridgehead atoms. The van der Waals surface area contributed by atoms with Crippen molar-refractivity contribution in [1.29, 1.82) is 0 Å². The molecule has 0 saturated carbocycles. The van der Waals surface area contributed by atoms with E-state index in [1.165, 1.54) is 0 Å². The minimum absolute atomic E-state index is 0.365. The summed E-state index contributed by atoms with van der Waals surface area (Å²) in [6.07, 6.45) is -4.92. The number of ether oxygens (including phenoxy) is 1. The van der Waals surface area contributed by atoms with Gasteiger partial charge in [-0.15, -0.1) is 0 Å². The molecule has 16 heavy (non-hydrogen) atoms. The van der Waals surface area contributed by atoms with Crippen LogP contribution < -0.4 is 10.5 Å². The zero-order valence-electron chi connectivity index (χ0n) is 7.49. The van der Waals surface area contributed by atoms with Gasteiger partial charge in [0.15, 0.2) is 0 Å². The number of alkyl halides is 5. The summed E-state index contributed by atoms with van der Waals surface area (Å²) in [7, 11) is 0. The quantitative estimate of drug-likeness (QED) is 0.653. The second-order valence-corrected chi connectivity index (χ2v) is 3.10. The number of anilines is 1. The lowest BCUT2D eigenvalue weighted by atomic mass is 10.1. The van der Waals surface area contributed by atoms with Gasteiger partial charge in [0.2, 0.25) is 0 Å². The number of nitrogen functional groups attached to an aromatic ring is 1. The van der Waals surface area contributed by atoms with Crippen LogP contribution in [0.25, 0.3) is 0 Å². The molecule has 2 nitrogen and oxygen atoms in total. The predicted octanol–water partition coefficient (Wildman–Crippen LogP) is 3.54. The molecule has 0 aliphatic carbocycles. The summed E-state index contributed by atoms with van der Waals surface area (Å²) >= 11 is 5.30. The molecule has 0 atom stereocenters. The van der Waals surface area contributed by atoms with Gasteiger partial charge < -0.3 is 10.5 Å². The molecule has 0 aromatic heterocycles. The Hall–Kier alpha value is -1.24. The molecule has 8 heteroatoms. The second-order valence-electron chi connectivity index (χ2n) is 2.72. The monoisotopic (exact) mass is 261 g/mol. The van der Waals surface area contributed by atoms with E-state index in [4.69, 9.17) is 17.3 Å². The molecule has 1 rings (SSSR count). The molecule has 0 heterocycles. The van der Waals surface area contributed by atoms with E-state index >= 15 is 0 Å². The Morgan fingerprint density at radius 2 is 1.81 bits per heavy atom. The molecular weight excluding hydrogens is 257 g/mol. The van der Waals surface area contributed by atoms with Crippen molar-refractivity contribution < 1.29 is 26.7 Å². The van der Waals surface area contributed by atoms with Crippen molar-refractivity contribution in [1.82, 2.24) is 0 Å². The molecule has 0 radical (unpaired) electrons. The number of hydrogen-bond acceptors (Lipinski definition) is 2. The first-order valence-electron chi connectivity index (χ1n) is 3.83. The summed E-state index contributed by atoms with van der Waals surface area (Å²) in [6.45, 7) is -3.37. The molecular formula is C8H5ClF5NO. The van der Waals surface area contributed by atoms with Gasteiger partial charge in [0.25, 0.3) is 0 Å². The van der Waals surface area contributed by atoms with Gasteiger partial charge in [0, 0.05) is 0 Å². The van der Waals surface area contributed by atoms with Gasteiger partial charge in [0.1, 0.15) is 11.3 Å². The highest BCUT2D eigenvalue weighted by atomic mass is 35.5. The number of rotatable bonds is 2. The van der Waals surface area contributed by atoms with Crippen LogP contribution in [0.3, 0.4) is 0 Å². The number of halogens is 6. The van der Waals surface area contributed by atoms with Crippen molar-refractivity contribution in [3.8, 4) is 5.75 Å². The first-order chi connectivity index (χ1) is 7.23. The van der Waals surface area contributed by atoms with E-state index in [1.807, 2.05) is 0 Å². The Morgan fingerprint density at radius 3 is 2.25 bits per heavy atom. The zero-order chi connectivity index (χ0) is 12.5. The summed E-state index contributed by atoms with van der Waals surface area (Å²) in [5.74, 6) is -1.05. The van der Waals surface area contributed by atoms with Crippen LogP contribution in [0.4, 0.5) is 27.6 Å². The highest BCUT2D eigenvalue weighted by Gasteiger charge is 2.38. The van der Waals surface area contributed by atoms with Crippen molar-refractivity contribution in [2.24, 2.45) is 0 Å². The SMILES string of the molecule is Nc1ccc(OC(F)F)c(C(F)(F)F)c1Cl. The van der Waals surface area contributed by atoms with Crippen LogP contribution in [0.1, 0.15) is 5.56 Å². The number of benzene rings is 1. The van der Waals surface area contributed by atoms with Crippen LogP contribution in [-0.4, -0.2) is 6.61 Å². The molecule has 90 valence electrons. The standard InChI is InChI=1S/C8H5ClF5NO/c9-6-3(15)1-2-4(16-7(10)11)5(6)8(12,13)14/h1-2,7H,15H2. The van der Waals surface area contributed by atoms with Crippen molar-refractivity contribution in [3.63, 3.8) is 0 Å². The Kier molecular flexibility index (Phi) is 3.47. The molecule has 1 aromatic carbocycles. The molecule has 0 aliphatic rings. The average Bonchev–Trinajstić information content (AvgIpc) is 2.08. The third-order valence-electron chi connectivity index (χ3n) is 1.63. The normalized spacial score (nSPS) is 11.9. The topological polar surface area (TPSA) is 35.2 Å². The lowest BCUT2D eigenvalue weighted by Crippen LogP contribution is -2.13. The summed E-state index contributed by atoms with van der Waals surface area (Å²) in [5, 5.41) is -0.856. The fourth-order valence-corrected chi connectivity index (χ4v) is 1.30. The molecule has 0 amide bonds. The molecule has 1 aromatic rings. The minimum Gasteiger partial charge on any atom is -0.434 e. The Balaban J connectivity index is 3.33. The van der Waals surface area contributed by atoms with Crippen molar-refractivity contribution in [3.05, 3.63) is 22.7 Å². The van der Waals surface area contributed by atoms with E-state index in [2.05, 4.69) is 4.74 Å². The van der Waals surface area contributed by atoms with Gasteiger partial charge in [-0.3, -0.25) is 0 Å². The van der Waals surface area contributed by atoms with Gasteiger partial charge in [-0.1, -0.05) is 11.6 Å². The highest BCUT2D eigenvalue weighted by molar-refractivity contribution is 6.34. The van der Waals surface area contributed by atoms with E-state index in [9.17, 15) is 22.0 Å². The maximum Gasteiger partial charge on any atom is 0.421 e. The Bertz CT molecular complexity index is 393. The zero-order valence-corrected chi connectivity index (χ0v) is 8.24. The third-order valence-corrected chi connectivity index (χ3v) is 2.04. The predicted molar refractivity (Wildman–Crippen MR) is 47.5 cm³/mol. The van der Waals surface area contributed by atoms with Crippen molar-refractivity contribution in [2.75, 3.05) is 5.73 Å². The van der Waals surface area contributed by atoms with Gasteiger partial charge in [-0.25, -0.2) is 0 Å². The molecule has 0 saturated heterocycles. The van der Waals surface area contributed by atoms with Gasteiger partial charge in [-0.05, 0) is 12.1 Å².